The maximum absolute atomic E-state index is 4.14. The summed E-state index contributed by atoms with van der Waals surface area (Å²) < 4.78 is 2.55. The van der Waals surface area contributed by atoms with Crippen molar-refractivity contribution in [2.45, 2.75) is 51.6 Å². The first kappa shape index (κ1) is 14.8. The van der Waals surface area contributed by atoms with E-state index in [0.717, 1.165) is 6.42 Å². The Bertz CT molecular complexity index is 577. The predicted molar refractivity (Wildman–Crippen MR) is 90.9 cm³/mol. The maximum Gasteiger partial charge on any atom is 0.114 e. The van der Waals surface area contributed by atoms with Gasteiger partial charge in [0.25, 0.3) is 0 Å². The van der Waals surface area contributed by atoms with E-state index in [9.17, 15) is 0 Å². The lowest BCUT2D eigenvalue weighted by atomic mass is 9.58. The molecular formula is C17H22Br2N+. The van der Waals surface area contributed by atoms with Crippen LogP contribution in [-0.2, 0) is 0 Å². The first-order valence-corrected chi connectivity index (χ1v) is 8.87. The van der Waals surface area contributed by atoms with Crippen molar-refractivity contribution in [2.75, 3.05) is 0 Å². The van der Waals surface area contributed by atoms with Crippen LogP contribution in [0, 0.1) is 5.41 Å². The van der Waals surface area contributed by atoms with Crippen LogP contribution in [0.3, 0.4) is 0 Å². The number of quaternary nitrogens is 1. The zero-order chi connectivity index (χ0) is 14.7. The third kappa shape index (κ3) is 2.22. The van der Waals surface area contributed by atoms with Gasteiger partial charge in [-0.05, 0) is 30.0 Å². The number of halogens is 2. The number of fused-ring (bicyclic) bond motifs is 2. The fourth-order valence-electron chi connectivity index (χ4n) is 4.42. The smallest absolute Gasteiger partial charge is 0.114 e. The first-order chi connectivity index (χ1) is 9.31. The molecule has 4 rings (SSSR count). The van der Waals surface area contributed by atoms with E-state index in [1.165, 1.54) is 32.1 Å². The summed E-state index contributed by atoms with van der Waals surface area (Å²) in [7, 11) is 0. The molecule has 2 heterocycles. The number of benzene rings is 1. The average Bonchev–Trinajstić information content (AvgIpc) is 2.31. The van der Waals surface area contributed by atoms with Gasteiger partial charge in [0.2, 0.25) is 0 Å². The highest BCUT2D eigenvalue weighted by Gasteiger charge is 2.53. The molecule has 0 unspecified atom stereocenters. The van der Waals surface area contributed by atoms with Crippen LogP contribution in [0.25, 0.3) is 0 Å². The second kappa shape index (κ2) is 4.96. The molecule has 2 aliphatic heterocycles. The summed E-state index contributed by atoms with van der Waals surface area (Å²) in [6.45, 7) is 11.1. The molecule has 0 aromatic heterocycles. The Balaban J connectivity index is 2.16. The SMILES string of the molecule is C=C(C)C[C@H]1[NH2+][C@H]2CC(C)(C)[C@@H]1c1c(Br)ccc(Br)c12. The van der Waals surface area contributed by atoms with Crippen LogP contribution in [-0.4, -0.2) is 6.04 Å². The quantitative estimate of drug-likeness (QED) is 0.695. The molecule has 3 aliphatic rings. The molecule has 1 aliphatic carbocycles. The Hall–Kier alpha value is -0.120. The largest absolute Gasteiger partial charge is 0.337 e. The normalized spacial score (nSPS) is 30.1. The average molecular weight is 400 g/mol. The molecule has 0 amide bonds. The zero-order valence-corrected chi connectivity index (χ0v) is 15.5. The summed E-state index contributed by atoms with van der Waals surface area (Å²) in [4.78, 5) is 0. The Morgan fingerprint density at radius 2 is 1.90 bits per heavy atom. The molecule has 1 aromatic rings. The summed E-state index contributed by atoms with van der Waals surface area (Å²) >= 11 is 7.57. The van der Waals surface area contributed by atoms with Crippen molar-refractivity contribution in [2.24, 2.45) is 5.41 Å². The Morgan fingerprint density at radius 1 is 1.30 bits per heavy atom. The minimum Gasteiger partial charge on any atom is -0.337 e. The van der Waals surface area contributed by atoms with Crippen LogP contribution in [0.15, 0.2) is 33.2 Å². The summed E-state index contributed by atoms with van der Waals surface area (Å²) in [5.41, 5.74) is 4.70. The van der Waals surface area contributed by atoms with E-state index in [1.54, 1.807) is 0 Å². The second-order valence-electron chi connectivity index (χ2n) is 7.15. The van der Waals surface area contributed by atoms with Gasteiger partial charge in [-0.3, -0.25) is 0 Å². The highest BCUT2D eigenvalue weighted by molar-refractivity contribution is 9.11. The van der Waals surface area contributed by atoms with Gasteiger partial charge >= 0.3 is 0 Å². The van der Waals surface area contributed by atoms with Gasteiger partial charge in [0.15, 0.2) is 0 Å². The van der Waals surface area contributed by atoms with E-state index in [-0.39, 0.29) is 0 Å². The van der Waals surface area contributed by atoms with Gasteiger partial charge in [0, 0.05) is 33.3 Å². The summed E-state index contributed by atoms with van der Waals surface area (Å²) in [6, 6.07) is 5.57. The molecule has 108 valence electrons. The van der Waals surface area contributed by atoms with Gasteiger partial charge < -0.3 is 5.32 Å². The predicted octanol–water partition coefficient (Wildman–Crippen LogP) is 4.68. The van der Waals surface area contributed by atoms with Crippen molar-refractivity contribution in [1.29, 1.82) is 0 Å². The number of piperidine rings is 1. The van der Waals surface area contributed by atoms with Gasteiger partial charge in [0.1, 0.15) is 6.04 Å². The maximum atomic E-state index is 4.14. The van der Waals surface area contributed by atoms with Crippen molar-refractivity contribution < 1.29 is 5.32 Å². The highest BCUT2D eigenvalue weighted by atomic mass is 79.9. The summed E-state index contributed by atoms with van der Waals surface area (Å²) in [5.74, 6) is 0.589. The van der Waals surface area contributed by atoms with Crippen LogP contribution in [0.5, 0.6) is 0 Å². The van der Waals surface area contributed by atoms with Crippen molar-refractivity contribution in [3.63, 3.8) is 0 Å². The third-order valence-corrected chi connectivity index (χ3v) is 6.33. The molecule has 20 heavy (non-hydrogen) atoms. The molecule has 1 nitrogen and oxygen atoms in total. The van der Waals surface area contributed by atoms with Crippen LogP contribution >= 0.6 is 31.9 Å². The van der Waals surface area contributed by atoms with E-state index in [0.29, 0.717) is 23.4 Å². The Labute approximate surface area is 138 Å². The van der Waals surface area contributed by atoms with Gasteiger partial charge in [0.05, 0.1) is 6.04 Å². The molecule has 2 N–H and O–H groups in total. The molecule has 1 saturated heterocycles. The summed E-state index contributed by atoms with van der Waals surface area (Å²) in [5, 5.41) is 2.59. The Morgan fingerprint density at radius 3 is 2.50 bits per heavy atom. The lowest BCUT2D eigenvalue weighted by Gasteiger charge is -2.52. The molecule has 0 radical (unpaired) electrons. The lowest BCUT2D eigenvalue weighted by molar-refractivity contribution is -0.749. The molecule has 2 bridgehead atoms. The minimum atomic E-state index is 0.357. The molecule has 0 saturated carbocycles. The zero-order valence-electron chi connectivity index (χ0n) is 12.3. The first-order valence-electron chi connectivity index (χ1n) is 7.28. The van der Waals surface area contributed by atoms with E-state index in [4.69, 9.17) is 0 Å². The van der Waals surface area contributed by atoms with E-state index >= 15 is 0 Å². The van der Waals surface area contributed by atoms with Crippen molar-refractivity contribution >= 4 is 31.9 Å². The van der Waals surface area contributed by atoms with Crippen molar-refractivity contribution in [1.82, 2.24) is 0 Å². The van der Waals surface area contributed by atoms with Gasteiger partial charge in [-0.1, -0.05) is 57.9 Å². The highest BCUT2D eigenvalue weighted by Crippen LogP contribution is 2.56. The standard InChI is InChI=1S/C17H21Br2N/c1-9(2)7-12-16-15-11(19)6-5-10(18)14(15)13(20-12)8-17(16,3)4/h5-6,12-13,16,20H,1,7-8H2,2-4H3/p+1/t12-,13+,16+/m1/s1. The van der Waals surface area contributed by atoms with Gasteiger partial charge in [-0.2, -0.15) is 0 Å². The van der Waals surface area contributed by atoms with E-state index in [2.05, 4.69) is 76.7 Å². The van der Waals surface area contributed by atoms with Crippen LogP contribution in [0.1, 0.15) is 56.7 Å². The van der Waals surface area contributed by atoms with E-state index < -0.39 is 0 Å². The van der Waals surface area contributed by atoms with Crippen LogP contribution in [0.4, 0.5) is 0 Å². The number of nitrogens with two attached hydrogens (primary N) is 1. The molecule has 3 heteroatoms. The number of hydrogen-bond acceptors (Lipinski definition) is 0. The molecular weight excluding hydrogens is 378 g/mol. The fourth-order valence-corrected chi connectivity index (χ4v) is 5.65. The molecule has 3 atom stereocenters. The van der Waals surface area contributed by atoms with Crippen LogP contribution < -0.4 is 5.32 Å². The summed E-state index contributed by atoms with van der Waals surface area (Å²) in [6.07, 6.45) is 2.37. The Kier molecular flexibility index (Phi) is 3.67. The molecule has 0 spiro atoms. The second-order valence-corrected chi connectivity index (χ2v) is 8.86. The minimum absolute atomic E-state index is 0.357. The van der Waals surface area contributed by atoms with Gasteiger partial charge in [-0.15, -0.1) is 0 Å². The number of rotatable bonds is 2. The fraction of sp³-hybridized carbons (Fsp3) is 0.529. The van der Waals surface area contributed by atoms with Crippen molar-refractivity contribution in [3.8, 4) is 0 Å². The van der Waals surface area contributed by atoms with Crippen LogP contribution in [0.2, 0.25) is 0 Å². The topological polar surface area (TPSA) is 16.6 Å². The van der Waals surface area contributed by atoms with Crippen molar-refractivity contribution in [3.05, 3.63) is 44.4 Å². The van der Waals surface area contributed by atoms with E-state index in [1.807, 2.05) is 0 Å². The monoisotopic (exact) mass is 398 g/mol. The lowest BCUT2D eigenvalue weighted by Crippen LogP contribution is -2.96. The molecule has 1 fully saturated rings. The molecule has 1 aromatic carbocycles. The number of hydrogen-bond donors (Lipinski definition) is 1. The van der Waals surface area contributed by atoms with Gasteiger partial charge in [-0.25, -0.2) is 0 Å². The third-order valence-electron chi connectivity index (χ3n) is 4.94.